The molecule has 0 saturated carbocycles. The van der Waals surface area contributed by atoms with Crippen LogP contribution < -0.4 is 10.2 Å². The summed E-state index contributed by atoms with van der Waals surface area (Å²) >= 11 is 0. The molecule has 0 radical (unpaired) electrons. The second-order valence-electron chi connectivity index (χ2n) is 5.96. The summed E-state index contributed by atoms with van der Waals surface area (Å²) in [4.78, 5) is 22.1. The van der Waals surface area contributed by atoms with Crippen molar-refractivity contribution in [2.24, 2.45) is 5.10 Å². The second kappa shape index (κ2) is 9.33. The molecule has 0 bridgehead atoms. The quantitative estimate of drug-likeness (QED) is 0.420. The average Bonchev–Trinajstić information content (AvgIpc) is 2.66. The molecule has 1 amide bonds. The predicted octanol–water partition coefficient (Wildman–Crippen LogP) is 3.34. The van der Waals surface area contributed by atoms with Crippen LogP contribution in [0.1, 0.15) is 37.3 Å². The summed E-state index contributed by atoms with van der Waals surface area (Å²) in [6, 6.07) is 11.1. The van der Waals surface area contributed by atoms with Gasteiger partial charge < -0.3 is 9.84 Å². The number of carbonyl (C=O) groups is 1. The third-order valence-corrected chi connectivity index (χ3v) is 4.03. The third-order valence-electron chi connectivity index (χ3n) is 4.03. The highest BCUT2D eigenvalue weighted by Crippen LogP contribution is 2.22. The van der Waals surface area contributed by atoms with Crippen molar-refractivity contribution >= 4 is 17.8 Å². The minimum absolute atomic E-state index is 0.0712. The molecule has 8 heteroatoms. The van der Waals surface area contributed by atoms with Crippen molar-refractivity contribution in [1.29, 1.82) is 0 Å². The molecule has 0 saturated heterocycles. The Kier molecular flexibility index (Phi) is 6.87. The number of nitrogens with one attached hydrogen (secondary N) is 1. The molecule has 1 atom stereocenters. The highest BCUT2D eigenvalue weighted by molar-refractivity contribution is 5.87. The van der Waals surface area contributed by atoms with Gasteiger partial charge in [0, 0.05) is 6.07 Å². The first-order valence-corrected chi connectivity index (χ1v) is 8.42. The van der Waals surface area contributed by atoms with Gasteiger partial charge in [0.2, 0.25) is 0 Å². The van der Waals surface area contributed by atoms with Gasteiger partial charge in [0.25, 0.3) is 11.6 Å². The molecule has 0 heterocycles. The zero-order valence-electron chi connectivity index (χ0n) is 15.1. The minimum atomic E-state index is -0.602. The number of amides is 1. The lowest BCUT2D eigenvalue weighted by molar-refractivity contribution is -0.385. The number of hydrogen-bond donors (Lipinski definition) is 2. The van der Waals surface area contributed by atoms with E-state index < -0.39 is 10.8 Å². The molecule has 142 valence electrons. The van der Waals surface area contributed by atoms with Crippen LogP contribution in [0.5, 0.6) is 11.5 Å². The number of phenolic OH excluding ortho intramolecular Hbond substituents is 1. The summed E-state index contributed by atoms with van der Waals surface area (Å²) in [5, 5.41) is 24.0. The number of hydrazone groups is 1. The van der Waals surface area contributed by atoms with E-state index in [1.165, 1.54) is 17.7 Å². The maximum absolute atomic E-state index is 11.8. The fourth-order valence-corrected chi connectivity index (χ4v) is 2.29. The van der Waals surface area contributed by atoms with Gasteiger partial charge in [0.1, 0.15) is 11.5 Å². The van der Waals surface area contributed by atoms with Crippen molar-refractivity contribution < 1.29 is 19.6 Å². The molecule has 0 spiro atoms. The van der Waals surface area contributed by atoms with Gasteiger partial charge in [-0.15, -0.1) is 0 Å². The molecule has 2 rings (SSSR count). The average molecular weight is 371 g/mol. The van der Waals surface area contributed by atoms with Gasteiger partial charge in [-0.2, -0.15) is 5.10 Å². The summed E-state index contributed by atoms with van der Waals surface area (Å²) in [7, 11) is 0. The van der Waals surface area contributed by atoms with E-state index in [1.54, 1.807) is 12.1 Å². The molecule has 27 heavy (non-hydrogen) atoms. The van der Waals surface area contributed by atoms with E-state index >= 15 is 0 Å². The number of rotatable bonds is 8. The predicted molar refractivity (Wildman–Crippen MR) is 101 cm³/mol. The molecular weight excluding hydrogens is 350 g/mol. The highest BCUT2D eigenvalue weighted by Gasteiger charge is 2.12. The van der Waals surface area contributed by atoms with Gasteiger partial charge >= 0.3 is 0 Å². The topological polar surface area (TPSA) is 114 Å². The fraction of sp³-hybridized carbons (Fsp3) is 0.263. The first-order valence-electron chi connectivity index (χ1n) is 8.42. The number of nitro benzene ring substituents is 1. The van der Waals surface area contributed by atoms with Crippen LogP contribution >= 0.6 is 0 Å². The van der Waals surface area contributed by atoms with E-state index in [9.17, 15) is 20.0 Å². The van der Waals surface area contributed by atoms with Crippen molar-refractivity contribution in [2.45, 2.75) is 26.2 Å². The SMILES string of the molecule is CC[C@@H](C)c1ccc(OCC(=O)N/N=C/c2cc(O)ccc2[N+](=O)[O-])cc1. The Balaban J connectivity index is 1.89. The lowest BCUT2D eigenvalue weighted by Crippen LogP contribution is -2.24. The summed E-state index contributed by atoms with van der Waals surface area (Å²) in [5.74, 6) is 0.362. The van der Waals surface area contributed by atoms with E-state index in [1.807, 2.05) is 12.1 Å². The van der Waals surface area contributed by atoms with Crippen LogP contribution in [-0.2, 0) is 4.79 Å². The normalized spacial score (nSPS) is 11.9. The molecule has 0 aliphatic carbocycles. The number of ether oxygens (including phenoxy) is 1. The molecule has 0 aliphatic rings. The molecule has 0 aromatic heterocycles. The monoisotopic (exact) mass is 371 g/mol. The Labute approximate surface area is 156 Å². The third kappa shape index (κ3) is 5.81. The maximum atomic E-state index is 11.8. The number of carbonyl (C=O) groups excluding carboxylic acids is 1. The number of nitrogens with zero attached hydrogens (tertiary/aromatic N) is 2. The number of phenols is 1. The lowest BCUT2D eigenvalue weighted by atomic mass is 9.99. The van der Waals surface area contributed by atoms with Gasteiger partial charge in [-0.25, -0.2) is 5.43 Å². The van der Waals surface area contributed by atoms with Crippen LogP contribution in [0.2, 0.25) is 0 Å². The molecule has 2 aromatic rings. The molecular formula is C19H21N3O5. The van der Waals surface area contributed by atoms with E-state index in [4.69, 9.17) is 4.74 Å². The Bertz CT molecular complexity index is 834. The van der Waals surface area contributed by atoms with Gasteiger partial charge in [-0.3, -0.25) is 14.9 Å². The summed E-state index contributed by atoms with van der Waals surface area (Å²) in [6.45, 7) is 4.01. The molecule has 0 fully saturated rings. The Morgan fingerprint density at radius 3 is 2.67 bits per heavy atom. The molecule has 0 aliphatic heterocycles. The van der Waals surface area contributed by atoms with Gasteiger partial charge in [0.05, 0.1) is 16.7 Å². The zero-order chi connectivity index (χ0) is 19.8. The van der Waals surface area contributed by atoms with Crippen molar-refractivity contribution in [2.75, 3.05) is 6.61 Å². The smallest absolute Gasteiger partial charge is 0.278 e. The lowest BCUT2D eigenvalue weighted by Gasteiger charge is -2.10. The minimum Gasteiger partial charge on any atom is -0.508 e. The molecule has 8 nitrogen and oxygen atoms in total. The molecule has 0 unspecified atom stereocenters. The van der Waals surface area contributed by atoms with Crippen LogP contribution in [-0.4, -0.2) is 28.8 Å². The molecule has 2 N–H and O–H groups in total. The Morgan fingerprint density at radius 1 is 1.33 bits per heavy atom. The largest absolute Gasteiger partial charge is 0.508 e. The highest BCUT2D eigenvalue weighted by atomic mass is 16.6. The van der Waals surface area contributed by atoms with Crippen molar-refractivity contribution in [3.63, 3.8) is 0 Å². The Hall–Kier alpha value is -3.42. The summed E-state index contributed by atoms with van der Waals surface area (Å²) in [6.07, 6.45) is 2.13. The second-order valence-corrected chi connectivity index (χ2v) is 5.96. The maximum Gasteiger partial charge on any atom is 0.278 e. The Morgan fingerprint density at radius 2 is 2.04 bits per heavy atom. The zero-order valence-corrected chi connectivity index (χ0v) is 15.1. The summed E-state index contributed by atoms with van der Waals surface area (Å²) in [5.41, 5.74) is 3.27. The van der Waals surface area contributed by atoms with E-state index in [0.717, 1.165) is 18.7 Å². The van der Waals surface area contributed by atoms with Crippen molar-refractivity contribution in [1.82, 2.24) is 5.43 Å². The van der Waals surface area contributed by atoms with Gasteiger partial charge in [-0.05, 0) is 42.2 Å². The summed E-state index contributed by atoms with van der Waals surface area (Å²) < 4.78 is 5.39. The number of nitro groups is 1. The van der Waals surface area contributed by atoms with Crippen LogP contribution in [0, 0.1) is 10.1 Å². The van der Waals surface area contributed by atoms with Gasteiger partial charge in [0.15, 0.2) is 6.61 Å². The number of aromatic hydroxyl groups is 1. The van der Waals surface area contributed by atoms with E-state index in [-0.39, 0.29) is 23.6 Å². The molecule has 2 aromatic carbocycles. The van der Waals surface area contributed by atoms with Crippen molar-refractivity contribution in [3.8, 4) is 11.5 Å². The van der Waals surface area contributed by atoms with Gasteiger partial charge in [-0.1, -0.05) is 26.0 Å². The first kappa shape index (κ1) is 19.9. The number of hydrogen-bond acceptors (Lipinski definition) is 6. The van der Waals surface area contributed by atoms with Crippen LogP contribution in [0.15, 0.2) is 47.6 Å². The first-order chi connectivity index (χ1) is 12.9. The van der Waals surface area contributed by atoms with Crippen LogP contribution in [0.4, 0.5) is 5.69 Å². The van der Waals surface area contributed by atoms with E-state index in [0.29, 0.717) is 11.7 Å². The van der Waals surface area contributed by atoms with Crippen molar-refractivity contribution in [3.05, 3.63) is 63.7 Å². The van der Waals surface area contributed by atoms with Crippen LogP contribution in [0.3, 0.4) is 0 Å². The van der Waals surface area contributed by atoms with Crippen LogP contribution in [0.25, 0.3) is 0 Å². The fourth-order valence-electron chi connectivity index (χ4n) is 2.29. The standard InChI is InChI=1S/C19H21N3O5/c1-3-13(2)14-4-7-17(8-5-14)27-12-19(24)21-20-11-15-10-16(23)6-9-18(15)22(25)26/h4-11,13,23H,3,12H2,1-2H3,(H,21,24)/b20-11+/t13-/m1/s1. The van der Waals surface area contributed by atoms with E-state index in [2.05, 4.69) is 24.4 Å². The number of benzene rings is 2.